The summed E-state index contributed by atoms with van der Waals surface area (Å²) in [4.78, 5) is 36.9. The van der Waals surface area contributed by atoms with Crippen molar-refractivity contribution in [3.05, 3.63) is 28.2 Å². The van der Waals surface area contributed by atoms with E-state index in [0.717, 1.165) is 0 Å². The van der Waals surface area contributed by atoms with Crippen LogP contribution < -0.4 is 5.32 Å². The van der Waals surface area contributed by atoms with Crippen molar-refractivity contribution in [1.29, 1.82) is 0 Å². The lowest BCUT2D eigenvalue weighted by Crippen LogP contribution is -2.43. The third-order valence-electron chi connectivity index (χ3n) is 5.31. The minimum Gasteiger partial charge on any atom is -0.355 e. The van der Waals surface area contributed by atoms with Gasteiger partial charge in [-0.15, -0.1) is 0 Å². The number of piperidine rings is 1. The van der Waals surface area contributed by atoms with Gasteiger partial charge < -0.3 is 10.2 Å². The second kappa shape index (κ2) is 8.59. The fourth-order valence-electron chi connectivity index (χ4n) is 3.49. The van der Waals surface area contributed by atoms with Gasteiger partial charge in [0, 0.05) is 33.2 Å². The summed E-state index contributed by atoms with van der Waals surface area (Å²) in [6, 6.07) is 4.21. The third-order valence-corrected chi connectivity index (χ3v) is 7.95. The lowest BCUT2D eigenvalue weighted by atomic mass is 9.97. The molecule has 1 unspecified atom stereocenters. The van der Waals surface area contributed by atoms with Gasteiger partial charge in [0.15, 0.2) is 0 Å². The molecule has 1 N–H and O–H groups in total. The quantitative estimate of drug-likeness (QED) is 0.523. The molecule has 2 heterocycles. The summed E-state index contributed by atoms with van der Waals surface area (Å²) in [6.07, 6.45) is 1.14. The minimum absolute atomic E-state index is 0.0871. The molecule has 8 nitrogen and oxygen atoms in total. The first kappa shape index (κ1) is 22.0. The fourth-order valence-corrected chi connectivity index (χ4v) is 5.35. The summed E-state index contributed by atoms with van der Waals surface area (Å²) in [6.45, 7) is 1.05. The normalized spacial score (nSPS) is 21.6. The van der Waals surface area contributed by atoms with Crippen LogP contribution in [-0.2, 0) is 24.4 Å². The lowest BCUT2D eigenvalue weighted by molar-refractivity contribution is -0.142. The number of amides is 2. The summed E-state index contributed by atoms with van der Waals surface area (Å²) < 4.78 is 26.9. The molecule has 2 saturated heterocycles. The van der Waals surface area contributed by atoms with Crippen LogP contribution >= 0.6 is 23.2 Å². The van der Waals surface area contributed by atoms with Gasteiger partial charge in [-0.2, -0.15) is 4.31 Å². The van der Waals surface area contributed by atoms with Gasteiger partial charge in [0.1, 0.15) is 5.92 Å². The molecule has 158 valence electrons. The number of carbonyl (C=O) groups is 3. The number of likely N-dealkylation sites (tertiary alicyclic amines) is 1. The Hall–Kier alpha value is -1.68. The maximum absolute atomic E-state index is 12.8. The van der Waals surface area contributed by atoms with Crippen LogP contribution in [0.3, 0.4) is 0 Å². The van der Waals surface area contributed by atoms with Crippen LogP contribution in [0.1, 0.15) is 12.8 Å². The molecular formula is C18H21Cl2N3O5S. The van der Waals surface area contributed by atoms with Gasteiger partial charge in [-0.3, -0.25) is 14.4 Å². The highest BCUT2D eigenvalue weighted by Crippen LogP contribution is 2.28. The zero-order chi connectivity index (χ0) is 21.3. The van der Waals surface area contributed by atoms with E-state index in [-0.39, 0.29) is 27.4 Å². The van der Waals surface area contributed by atoms with Crippen LogP contribution in [0.15, 0.2) is 23.1 Å². The molecule has 2 aliphatic heterocycles. The molecule has 1 aromatic carbocycles. The van der Waals surface area contributed by atoms with Crippen molar-refractivity contribution >= 4 is 50.8 Å². The van der Waals surface area contributed by atoms with E-state index in [9.17, 15) is 22.8 Å². The van der Waals surface area contributed by atoms with Crippen molar-refractivity contribution in [2.24, 2.45) is 11.8 Å². The number of ketones is 1. The second-order valence-electron chi connectivity index (χ2n) is 7.27. The molecule has 1 aromatic rings. The molecule has 11 heteroatoms. The van der Waals surface area contributed by atoms with E-state index in [1.165, 1.54) is 34.5 Å². The smallest absolute Gasteiger partial charge is 0.290 e. The Morgan fingerprint density at radius 3 is 2.38 bits per heavy atom. The minimum atomic E-state index is -3.67. The zero-order valence-corrected chi connectivity index (χ0v) is 18.1. The average Bonchev–Trinajstić information content (AvgIpc) is 2.96. The van der Waals surface area contributed by atoms with E-state index in [0.29, 0.717) is 32.5 Å². The SMILES string of the molecule is CN1CC(C(=O)NCC2CCN(S(=O)(=O)c3ccc(Cl)c(Cl)c3)CC2)C(=O)C1=O. The van der Waals surface area contributed by atoms with Crippen molar-refractivity contribution in [1.82, 2.24) is 14.5 Å². The predicted octanol–water partition coefficient (Wildman–Crippen LogP) is 1.17. The second-order valence-corrected chi connectivity index (χ2v) is 10.0. The number of hydrogen-bond donors (Lipinski definition) is 1. The summed E-state index contributed by atoms with van der Waals surface area (Å²) in [7, 11) is -2.19. The van der Waals surface area contributed by atoms with Crippen molar-refractivity contribution < 1.29 is 22.8 Å². The maximum Gasteiger partial charge on any atom is 0.290 e. The Kier molecular flexibility index (Phi) is 6.52. The van der Waals surface area contributed by atoms with Gasteiger partial charge in [0.2, 0.25) is 21.7 Å². The molecule has 0 radical (unpaired) electrons. The molecule has 0 aromatic heterocycles. The van der Waals surface area contributed by atoms with Crippen molar-refractivity contribution in [3.63, 3.8) is 0 Å². The van der Waals surface area contributed by atoms with Gasteiger partial charge in [-0.25, -0.2) is 8.42 Å². The Morgan fingerprint density at radius 2 is 1.83 bits per heavy atom. The monoisotopic (exact) mass is 461 g/mol. The number of likely N-dealkylation sites (N-methyl/N-ethyl adjacent to an activating group) is 1. The van der Waals surface area contributed by atoms with Crippen molar-refractivity contribution in [3.8, 4) is 0 Å². The number of carbonyl (C=O) groups excluding carboxylic acids is 3. The number of nitrogens with zero attached hydrogens (tertiary/aromatic N) is 2. The standard InChI is InChI=1S/C18H21Cl2N3O5S/c1-22-10-13(16(24)18(22)26)17(25)21-9-11-4-6-23(7-5-11)29(27,28)12-2-3-14(19)15(20)8-12/h2-3,8,11,13H,4-7,9-10H2,1H3,(H,21,25). The van der Waals surface area contributed by atoms with Gasteiger partial charge >= 0.3 is 0 Å². The number of hydrogen-bond acceptors (Lipinski definition) is 5. The zero-order valence-electron chi connectivity index (χ0n) is 15.7. The first-order valence-corrected chi connectivity index (χ1v) is 11.3. The topological polar surface area (TPSA) is 104 Å². The number of sulfonamides is 1. The maximum atomic E-state index is 12.8. The molecule has 3 rings (SSSR count). The Labute approximate surface area is 179 Å². The number of benzene rings is 1. The van der Waals surface area contributed by atoms with E-state index in [1.54, 1.807) is 0 Å². The summed E-state index contributed by atoms with van der Waals surface area (Å²) in [5, 5.41) is 3.19. The van der Waals surface area contributed by atoms with E-state index in [4.69, 9.17) is 23.2 Å². The molecule has 29 heavy (non-hydrogen) atoms. The van der Waals surface area contributed by atoms with Crippen LogP contribution in [0.25, 0.3) is 0 Å². The number of rotatable bonds is 5. The molecule has 1 atom stereocenters. The number of halogens is 2. The van der Waals surface area contributed by atoms with Crippen LogP contribution in [0, 0.1) is 11.8 Å². The van der Waals surface area contributed by atoms with Crippen LogP contribution in [0.2, 0.25) is 10.0 Å². The van der Waals surface area contributed by atoms with E-state index in [2.05, 4.69) is 5.32 Å². The molecule has 0 saturated carbocycles. The highest BCUT2D eigenvalue weighted by Gasteiger charge is 2.41. The first-order valence-electron chi connectivity index (χ1n) is 9.13. The van der Waals surface area contributed by atoms with Crippen molar-refractivity contribution in [2.75, 3.05) is 33.2 Å². The number of Topliss-reactive ketones (excluding diaryl/α,β-unsaturated/α-hetero) is 1. The molecule has 0 bridgehead atoms. The summed E-state index contributed by atoms with van der Waals surface area (Å²) >= 11 is 11.8. The summed E-state index contributed by atoms with van der Waals surface area (Å²) in [5.41, 5.74) is 0. The molecular weight excluding hydrogens is 441 g/mol. The van der Waals surface area contributed by atoms with Crippen molar-refractivity contribution in [2.45, 2.75) is 17.7 Å². The molecule has 2 amide bonds. The summed E-state index contributed by atoms with van der Waals surface area (Å²) in [5.74, 6) is -2.68. The molecule has 2 aliphatic rings. The molecule has 2 fully saturated rings. The van der Waals surface area contributed by atoms with E-state index < -0.39 is 33.5 Å². The Balaban J connectivity index is 1.53. The van der Waals surface area contributed by atoms with E-state index >= 15 is 0 Å². The average molecular weight is 462 g/mol. The lowest BCUT2D eigenvalue weighted by Gasteiger charge is -2.31. The highest BCUT2D eigenvalue weighted by molar-refractivity contribution is 7.89. The largest absolute Gasteiger partial charge is 0.355 e. The van der Waals surface area contributed by atoms with Gasteiger partial charge in [-0.1, -0.05) is 23.2 Å². The molecule has 0 spiro atoms. The third kappa shape index (κ3) is 4.58. The first-order chi connectivity index (χ1) is 13.6. The molecule has 0 aliphatic carbocycles. The highest BCUT2D eigenvalue weighted by atomic mass is 35.5. The van der Waals surface area contributed by atoms with Crippen LogP contribution in [0.5, 0.6) is 0 Å². The Bertz CT molecular complexity index is 945. The van der Waals surface area contributed by atoms with Gasteiger partial charge in [0.25, 0.3) is 5.91 Å². The number of nitrogens with one attached hydrogen (secondary N) is 1. The Morgan fingerprint density at radius 1 is 1.17 bits per heavy atom. The van der Waals surface area contributed by atoms with Gasteiger partial charge in [0.05, 0.1) is 14.9 Å². The van der Waals surface area contributed by atoms with Crippen LogP contribution in [0.4, 0.5) is 0 Å². The predicted molar refractivity (Wildman–Crippen MR) is 107 cm³/mol. The van der Waals surface area contributed by atoms with Crippen LogP contribution in [-0.4, -0.2) is 68.4 Å². The fraction of sp³-hybridized carbons (Fsp3) is 0.500. The van der Waals surface area contributed by atoms with Gasteiger partial charge in [-0.05, 0) is 37.0 Å². The van der Waals surface area contributed by atoms with E-state index in [1.807, 2.05) is 0 Å².